The Kier molecular flexibility index (Phi) is 9.64. The Labute approximate surface area is 169 Å². The van der Waals surface area contributed by atoms with E-state index in [9.17, 15) is 30.6 Å². The quantitative estimate of drug-likeness (QED) is 0.230. The fourth-order valence-corrected chi connectivity index (χ4v) is 3.61. The molecule has 10 atom stereocenters. The van der Waals surface area contributed by atoms with Crippen LogP contribution in [-0.4, -0.2) is 118 Å². The summed E-state index contributed by atoms with van der Waals surface area (Å²) in [6.07, 6.45) is -11.8. The lowest BCUT2D eigenvalue weighted by Gasteiger charge is -2.46. The number of aliphatic hydroxyl groups is 6. The fraction of sp³-hybridized carbons (Fsp3) is 1.00. The molecule has 2 fully saturated rings. The van der Waals surface area contributed by atoms with Gasteiger partial charge in [-0.25, -0.2) is 0 Å². The predicted molar refractivity (Wildman–Crippen MR) is 96.6 cm³/mol. The summed E-state index contributed by atoms with van der Waals surface area (Å²) in [5.41, 5.74) is 0. The molecule has 0 saturated carbocycles. The highest BCUT2D eigenvalue weighted by atomic mass is 16.7. The van der Waals surface area contributed by atoms with Gasteiger partial charge < -0.3 is 54.3 Å². The summed E-state index contributed by atoms with van der Waals surface area (Å²) in [5, 5.41) is 60.7. The Morgan fingerprint density at radius 3 is 1.76 bits per heavy atom. The van der Waals surface area contributed by atoms with Crippen molar-refractivity contribution in [3.63, 3.8) is 0 Å². The van der Waals surface area contributed by atoms with Crippen LogP contribution in [0, 0.1) is 0 Å². The van der Waals surface area contributed by atoms with Gasteiger partial charge >= 0.3 is 0 Å². The molecule has 0 aromatic carbocycles. The molecule has 2 saturated heterocycles. The van der Waals surface area contributed by atoms with Gasteiger partial charge in [0, 0.05) is 7.11 Å². The van der Waals surface area contributed by atoms with Gasteiger partial charge in [0.15, 0.2) is 12.6 Å². The van der Waals surface area contributed by atoms with Crippen LogP contribution in [0.3, 0.4) is 0 Å². The smallest absolute Gasteiger partial charge is 0.187 e. The van der Waals surface area contributed by atoms with E-state index in [1.807, 2.05) is 13.8 Å². The zero-order valence-electron chi connectivity index (χ0n) is 16.9. The molecule has 0 spiro atoms. The number of hydrogen-bond donors (Lipinski definition) is 6. The third-order valence-electron chi connectivity index (χ3n) is 5.43. The number of ether oxygens (including phenoxy) is 5. The van der Waals surface area contributed by atoms with Gasteiger partial charge in [-0.05, 0) is 12.8 Å². The normalized spacial score (nSPS) is 43.7. The second-order valence-electron chi connectivity index (χ2n) is 7.29. The summed E-state index contributed by atoms with van der Waals surface area (Å²) in [6.45, 7) is 2.76. The van der Waals surface area contributed by atoms with Crippen LogP contribution in [0.25, 0.3) is 0 Å². The molecule has 0 aromatic rings. The molecule has 2 aliphatic heterocycles. The zero-order valence-corrected chi connectivity index (χ0v) is 16.9. The van der Waals surface area contributed by atoms with Crippen molar-refractivity contribution < 1.29 is 54.3 Å². The summed E-state index contributed by atoms with van der Waals surface area (Å²) in [4.78, 5) is 0. The first-order valence-electron chi connectivity index (χ1n) is 9.91. The molecule has 2 heterocycles. The molecular formula is C18H34O11. The Bertz CT molecular complexity index is 473. The van der Waals surface area contributed by atoms with Crippen molar-refractivity contribution in [1.29, 1.82) is 0 Å². The molecule has 0 bridgehead atoms. The Hall–Kier alpha value is -0.440. The van der Waals surface area contributed by atoms with E-state index < -0.39 is 74.6 Å². The maximum atomic E-state index is 10.5. The molecule has 11 nitrogen and oxygen atoms in total. The predicted octanol–water partition coefficient (Wildman–Crippen LogP) is -2.53. The van der Waals surface area contributed by atoms with Crippen LogP contribution >= 0.6 is 0 Å². The van der Waals surface area contributed by atoms with Crippen LogP contribution in [0.15, 0.2) is 0 Å². The third kappa shape index (κ3) is 5.43. The summed E-state index contributed by atoms with van der Waals surface area (Å²) < 4.78 is 27.2. The first-order valence-corrected chi connectivity index (χ1v) is 9.91. The topological polar surface area (TPSA) is 168 Å². The molecule has 6 N–H and O–H groups in total. The summed E-state index contributed by atoms with van der Waals surface area (Å²) in [5.74, 6) is 0. The lowest BCUT2D eigenvalue weighted by molar-refractivity contribution is -0.361. The first kappa shape index (κ1) is 24.8. The second kappa shape index (κ2) is 11.3. The van der Waals surface area contributed by atoms with E-state index in [2.05, 4.69) is 0 Å². The maximum Gasteiger partial charge on any atom is 0.187 e. The van der Waals surface area contributed by atoms with Gasteiger partial charge in [-0.2, -0.15) is 0 Å². The zero-order chi connectivity index (χ0) is 21.7. The molecule has 2 rings (SSSR count). The molecule has 2 aliphatic rings. The van der Waals surface area contributed by atoms with Gasteiger partial charge in [0.25, 0.3) is 0 Å². The average molecular weight is 426 g/mol. The van der Waals surface area contributed by atoms with Gasteiger partial charge in [0.05, 0.1) is 19.3 Å². The SMILES string of the molecule is CCC(CC)OC1C(CO)OC(OC2C(CO)OC(OC)C(O)C2O)C(O)C1O. The van der Waals surface area contributed by atoms with Gasteiger partial charge in [-0.1, -0.05) is 13.8 Å². The minimum atomic E-state index is -1.57. The maximum absolute atomic E-state index is 10.5. The molecule has 0 radical (unpaired) electrons. The van der Waals surface area contributed by atoms with Crippen molar-refractivity contribution >= 4 is 0 Å². The van der Waals surface area contributed by atoms with Gasteiger partial charge in [0.2, 0.25) is 0 Å². The highest BCUT2D eigenvalue weighted by molar-refractivity contribution is 4.94. The molecule has 29 heavy (non-hydrogen) atoms. The van der Waals surface area contributed by atoms with Gasteiger partial charge in [-0.3, -0.25) is 0 Å². The van der Waals surface area contributed by atoms with Crippen LogP contribution in [0.4, 0.5) is 0 Å². The molecule has 10 unspecified atom stereocenters. The lowest BCUT2D eigenvalue weighted by atomic mass is 9.96. The van der Waals surface area contributed by atoms with Crippen molar-refractivity contribution in [2.45, 2.75) is 94.2 Å². The Morgan fingerprint density at radius 1 is 0.759 bits per heavy atom. The van der Waals surface area contributed by atoms with E-state index in [4.69, 9.17) is 23.7 Å². The lowest BCUT2D eigenvalue weighted by Crippen LogP contribution is -2.65. The van der Waals surface area contributed by atoms with Crippen molar-refractivity contribution in [2.75, 3.05) is 20.3 Å². The number of hydrogen-bond acceptors (Lipinski definition) is 11. The molecule has 172 valence electrons. The van der Waals surface area contributed by atoms with E-state index in [-0.39, 0.29) is 6.10 Å². The number of aliphatic hydroxyl groups excluding tert-OH is 6. The third-order valence-corrected chi connectivity index (χ3v) is 5.43. The minimum Gasteiger partial charge on any atom is -0.394 e. The highest BCUT2D eigenvalue weighted by Gasteiger charge is 2.51. The van der Waals surface area contributed by atoms with Crippen molar-refractivity contribution in [2.24, 2.45) is 0 Å². The van der Waals surface area contributed by atoms with Gasteiger partial charge in [-0.15, -0.1) is 0 Å². The largest absolute Gasteiger partial charge is 0.394 e. The molecule has 0 aliphatic carbocycles. The second-order valence-corrected chi connectivity index (χ2v) is 7.29. The van der Waals surface area contributed by atoms with Crippen molar-refractivity contribution in [3.8, 4) is 0 Å². The number of methoxy groups -OCH3 is 1. The van der Waals surface area contributed by atoms with Gasteiger partial charge in [0.1, 0.15) is 48.8 Å². The standard InChI is InChI=1S/C18H34O11/c1-4-8(5-2)26-15-9(6-19)28-18(14(24)12(15)22)29-16-10(7-20)27-17(25-3)13(23)11(16)21/h8-24H,4-7H2,1-3H3. The summed E-state index contributed by atoms with van der Waals surface area (Å²) in [7, 11) is 1.27. The summed E-state index contributed by atoms with van der Waals surface area (Å²) >= 11 is 0. The van der Waals surface area contributed by atoms with E-state index in [1.54, 1.807) is 0 Å². The van der Waals surface area contributed by atoms with E-state index in [1.165, 1.54) is 7.11 Å². The van der Waals surface area contributed by atoms with Crippen LogP contribution in [0.2, 0.25) is 0 Å². The van der Waals surface area contributed by atoms with E-state index >= 15 is 0 Å². The van der Waals surface area contributed by atoms with Crippen LogP contribution < -0.4 is 0 Å². The van der Waals surface area contributed by atoms with E-state index in [0.717, 1.165) is 0 Å². The molecule has 0 aromatic heterocycles. The van der Waals surface area contributed by atoms with Crippen molar-refractivity contribution in [3.05, 3.63) is 0 Å². The Morgan fingerprint density at radius 2 is 1.24 bits per heavy atom. The van der Waals surface area contributed by atoms with Crippen molar-refractivity contribution in [1.82, 2.24) is 0 Å². The fourth-order valence-electron chi connectivity index (χ4n) is 3.61. The monoisotopic (exact) mass is 426 g/mol. The Balaban J connectivity index is 2.12. The van der Waals surface area contributed by atoms with Crippen LogP contribution in [-0.2, 0) is 23.7 Å². The number of rotatable bonds is 9. The molecule has 11 heteroatoms. The first-order chi connectivity index (χ1) is 13.8. The molecule has 0 amide bonds. The highest BCUT2D eigenvalue weighted by Crippen LogP contribution is 2.30. The van der Waals surface area contributed by atoms with Crippen LogP contribution in [0.5, 0.6) is 0 Å². The molecular weight excluding hydrogens is 392 g/mol. The van der Waals surface area contributed by atoms with Crippen LogP contribution in [0.1, 0.15) is 26.7 Å². The van der Waals surface area contributed by atoms with E-state index in [0.29, 0.717) is 12.8 Å². The average Bonchev–Trinajstić information content (AvgIpc) is 2.73. The summed E-state index contributed by atoms with van der Waals surface area (Å²) in [6, 6.07) is 0. The minimum absolute atomic E-state index is 0.189.